The number of halogens is 2. The molecule has 0 saturated carbocycles. The van der Waals surface area contributed by atoms with E-state index in [4.69, 9.17) is 32.7 Å². The maximum atomic E-state index is 11.9. The fourth-order valence-electron chi connectivity index (χ4n) is 3.62. The number of rotatable bonds is 17. The van der Waals surface area contributed by atoms with Crippen molar-refractivity contribution >= 4 is 35.0 Å². The van der Waals surface area contributed by atoms with Crippen LogP contribution in [0.1, 0.15) is 62.5 Å². The van der Waals surface area contributed by atoms with Gasteiger partial charge in [-0.05, 0) is 87.1 Å². The van der Waals surface area contributed by atoms with Gasteiger partial charge in [-0.25, -0.2) is 0 Å². The largest absolute Gasteiger partial charge is 0.493 e. The highest BCUT2D eigenvalue weighted by atomic mass is 35.5. The van der Waals surface area contributed by atoms with Gasteiger partial charge in [-0.2, -0.15) is 0 Å². The quantitative estimate of drug-likeness (QED) is 0.228. The van der Waals surface area contributed by atoms with E-state index in [1.807, 2.05) is 38.1 Å². The molecule has 8 heteroatoms. The van der Waals surface area contributed by atoms with E-state index in [-0.39, 0.29) is 11.8 Å². The number of benzene rings is 2. The molecule has 2 aromatic rings. The predicted molar refractivity (Wildman–Crippen MR) is 146 cm³/mol. The summed E-state index contributed by atoms with van der Waals surface area (Å²) in [5, 5.41) is 7.29. The van der Waals surface area contributed by atoms with Gasteiger partial charge >= 0.3 is 0 Å². The molecule has 0 bridgehead atoms. The van der Waals surface area contributed by atoms with Gasteiger partial charge in [0, 0.05) is 36.0 Å². The summed E-state index contributed by atoms with van der Waals surface area (Å²) in [7, 11) is 0. The molecule has 0 fully saturated rings. The first kappa shape index (κ1) is 29.8. The van der Waals surface area contributed by atoms with Crippen LogP contribution >= 0.6 is 23.2 Å². The zero-order chi connectivity index (χ0) is 26.2. The Morgan fingerprint density at radius 2 is 1.08 bits per heavy atom. The molecule has 198 valence electrons. The van der Waals surface area contributed by atoms with Gasteiger partial charge in [0.2, 0.25) is 11.8 Å². The molecule has 2 amide bonds. The van der Waals surface area contributed by atoms with Crippen LogP contribution < -0.4 is 20.1 Å². The Kier molecular flexibility index (Phi) is 14.1. The van der Waals surface area contributed by atoms with Crippen LogP contribution in [0.15, 0.2) is 36.4 Å². The Morgan fingerprint density at radius 1 is 0.667 bits per heavy atom. The topological polar surface area (TPSA) is 76.7 Å². The van der Waals surface area contributed by atoms with Crippen LogP contribution in [0.2, 0.25) is 10.0 Å². The van der Waals surface area contributed by atoms with Crippen molar-refractivity contribution in [3.8, 4) is 11.5 Å². The van der Waals surface area contributed by atoms with E-state index in [2.05, 4.69) is 10.6 Å². The molecule has 2 aromatic carbocycles. The predicted octanol–water partition coefficient (Wildman–Crippen LogP) is 6.42. The smallest absolute Gasteiger partial charge is 0.220 e. The standard InChI is InChI=1S/C28H38Cl2N2O4/c1-21-19-23(29)11-13-25(21)35-17-7-9-27(33)31-15-5-3-4-6-16-32-28(34)10-8-18-36-26-14-12-24(30)20-22(26)2/h11-14,19-20H,3-10,15-18H2,1-2H3,(H,31,33)(H,32,34). The molecule has 0 spiro atoms. The molecule has 0 unspecified atom stereocenters. The van der Waals surface area contributed by atoms with Crippen molar-refractivity contribution in [1.29, 1.82) is 0 Å². The fourth-order valence-corrected chi connectivity index (χ4v) is 4.07. The first-order valence-electron chi connectivity index (χ1n) is 12.7. The number of hydrogen-bond donors (Lipinski definition) is 2. The Bertz CT molecular complexity index is 891. The summed E-state index contributed by atoms with van der Waals surface area (Å²) in [6, 6.07) is 11.0. The van der Waals surface area contributed by atoms with Gasteiger partial charge in [0.15, 0.2) is 0 Å². The zero-order valence-electron chi connectivity index (χ0n) is 21.3. The maximum Gasteiger partial charge on any atom is 0.220 e. The summed E-state index contributed by atoms with van der Waals surface area (Å²) < 4.78 is 11.4. The van der Waals surface area contributed by atoms with E-state index in [0.717, 1.165) is 48.3 Å². The van der Waals surface area contributed by atoms with E-state index >= 15 is 0 Å². The highest BCUT2D eigenvalue weighted by Gasteiger charge is 2.05. The van der Waals surface area contributed by atoms with Crippen LogP contribution in [0.25, 0.3) is 0 Å². The van der Waals surface area contributed by atoms with E-state index < -0.39 is 0 Å². The van der Waals surface area contributed by atoms with Gasteiger partial charge in [0.25, 0.3) is 0 Å². The molecule has 6 nitrogen and oxygen atoms in total. The Hall–Kier alpha value is -2.44. The summed E-state index contributed by atoms with van der Waals surface area (Å²) in [4.78, 5) is 23.9. The van der Waals surface area contributed by atoms with Gasteiger partial charge in [-0.15, -0.1) is 0 Å². The molecule has 0 atom stereocenters. The number of amides is 2. The van der Waals surface area contributed by atoms with Crippen LogP contribution in [0.5, 0.6) is 11.5 Å². The molecule has 2 N–H and O–H groups in total. The lowest BCUT2D eigenvalue weighted by Gasteiger charge is -2.10. The summed E-state index contributed by atoms with van der Waals surface area (Å²) in [5.41, 5.74) is 1.97. The van der Waals surface area contributed by atoms with Gasteiger partial charge in [0.05, 0.1) is 13.2 Å². The minimum absolute atomic E-state index is 0.0499. The Balaban J connectivity index is 1.38. The normalized spacial score (nSPS) is 10.7. The average molecular weight is 538 g/mol. The van der Waals surface area contributed by atoms with Crippen LogP contribution in [-0.4, -0.2) is 38.1 Å². The van der Waals surface area contributed by atoms with Crippen molar-refractivity contribution in [1.82, 2.24) is 10.6 Å². The second-order valence-electron chi connectivity index (χ2n) is 8.84. The van der Waals surface area contributed by atoms with Crippen molar-refractivity contribution < 1.29 is 19.1 Å². The molecule has 0 saturated heterocycles. The maximum absolute atomic E-state index is 11.9. The Morgan fingerprint density at radius 3 is 1.47 bits per heavy atom. The number of unbranched alkanes of at least 4 members (excludes halogenated alkanes) is 3. The molecule has 36 heavy (non-hydrogen) atoms. The van der Waals surface area contributed by atoms with E-state index in [1.54, 1.807) is 12.1 Å². The molecular weight excluding hydrogens is 499 g/mol. The molecule has 0 aliphatic heterocycles. The second-order valence-corrected chi connectivity index (χ2v) is 9.71. The van der Waals surface area contributed by atoms with Gasteiger partial charge in [-0.3, -0.25) is 9.59 Å². The van der Waals surface area contributed by atoms with E-state index in [9.17, 15) is 9.59 Å². The molecule has 0 aliphatic rings. The number of ether oxygens (including phenoxy) is 2. The van der Waals surface area contributed by atoms with Crippen molar-refractivity contribution in [2.45, 2.75) is 65.2 Å². The molecule has 0 aliphatic carbocycles. The van der Waals surface area contributed by atoms with Gasteiger partial charge < -0.3 is 20.1 Å². The number of hydrogen-bond acceptors (Lipinski definition) is 4. The zero-order valence-corrected chi connectivity index (χ0v) is 22.9. The molecule has 0 heterocycles. The first-order valence-corrected chi connectivity index (χ1v) is 13.4. The number of carbonyl (C=O) groups excluding carboxylic acids is 2. The van der Waals surface area contributed by atoms with Crippen LogP contribution in [0.3, 0.4) is 0 Å². The molecular formula is C28H38Cl2N2O4. The highest BCUT2D eigenvalue weighted by molar-refractivity contribution is 6.31. The third-order valence-electron chi connectivity index (χ3n) is 5.63. The van der Waals surface area contributed by atoms with Crippen molar-refractivity contribution in [2.75, 3.05) is 26.3 Å². The van der Waals surface area contributed by atoms with Crippen molar-refractivity contribution in [3.63, 3.8) is 0 Å². The SMILES string of the molecule is Cc1cc(Cl)ccc1OCCCC(=O)NCCCCCCNC(=O)CCCOc1ccc(Cl)cc1C. The minimum Gasteiger partial charge on any atom is -0.493 e. The third-order valence-corrected chi connectivity index (χ3v) is 6.10. The van der Waals surface area contributed by atoms with E-state index in [0.29, 0.717) is 62.0 Å². The number of nitrogens with one attached hydrogen (secondary N) is 2. The average Bonchev–Trinajstić information content (AvgIpc) is 2.83. The van der Waals surface area contributed by atoms with Gasteiger partial charge in [0.1, 0.15) is 11.5 Å². The number of carbonyl (C=O) groups is 2. The molecule has 0 aromatic heterocycles. The lowest BCUT2D eigenvalue weighted by atomic mass is 10.2. The lowest BCUT2D eigenvalue weighted by molar-refractivity contribution is -0.122. The van der Waals surface area contributed by atoms with Crippen molar-refractivity contribution in [2.24, 2.45) is 0 Å². The van der Waals surface area contributed by atoms with Crippen LogP contribution in [0.4, 0.5) is 0 Å². The van der Waals surface area contributed by atoms with Crippen LogP contribution in [-0.2, 0) is 9.59 Å². The molecule has 2 rings (SSSR count). The second kappa shape index (κ2) is 17.1. The minimum atomic E-state index is 0.0499. The lowest BCUT2D eigenvalue weighted by Crippen LogP contribution is -2.25. The van der Waals surface area contributed by atoms with E-state index in [1.165, 1.54) is 0 Å². The summed E-state index contributed by atoms with van der Waals surface area (Å²) in [6.45, 7) is 6.24. The van der Waals surface area contributed by atoms with Crippen molar-refractivity contribution in [3.05, 3.63) is 57.6 Å². The molecule has 0 radical (unpaired) electrons. The van der Waals surface area contributed by atoms with Crippen LogP contribution in [0, 0.1) is 13.8 Å². The first-order chi connectivity index (χ1) is 17.3. The summed E-state index contributed by atoms with van der Waals surface area (Å²) in [6.07, 6.45) is 6.13. The monoisotopic (exact) mass is 536 g/mol. The van der Waals surface area contributed by atoms with Gasteiger partial charge in [-0.1, -0.05) is 36.0 Å². The summed E-state index contributed by atoms with van der Waals surface area (Å²) >= 11 is 11.9. The fraction of sp³-hybridized carbons (Fsp3) is 0.500. The third kappa shape index (κ3) is 12.5. The Labute approximate surface area is 225 Å². The highest BCUT2D eigenvalue weighted by Crippen LogP contribution is 2.22. The number of aryl methyl sites for hydroxylation is 2. The summed E-state index contributed by atoms with van der Waals surface area (Å²) in [5.74, 6) is 1.70.